The number of anilines is 1. The van der Waals surface area contributed by atoms with Gasteiger partial charge in [-0.15, -0.1) is 0 Å². The van der Waals surface area contributed by atoms with Gasteiger partial charge in [0.1, 0.15) is 5.75 Å². The zero-order chi connectivity index (χ0) is 16.2. The van der Waals surface area contributed by atoms with Gasteiger partial charge in [-0.25, -0.2) is 0 Å². The van der Waals surface area contributed by atoms with Crippen LogP contribution in [0.25, 0.3) is 11.4 Å². The van der Waals surface area contributed by atoms with E-state index >= 15 is 0 Å². The topological polar surface area (TPSA) is 60.2 Å². The van der Waals surface area contributed by atoms with Crippen LogP contribution in [0.5, 0.6) is 5.75 Å². The van der Waals surface area contributed by atoms with E-state index in [0.717, 1.165) is 21.5 Å². The Kier molecular flexibility index (Phi) is 4.62. The molecule has 0 aliphatic rings. The van der Waals surface area contributed by atoms with Crippen molar-refractivity contribution in [2.24, 2.45) is 0 Å². The number of methoxy groups -OCH3 is 1. The van der Waals surface area contributed by atoms with Gasteiger partial charge in [-0.05, 0) is 64.8 Å². The van der Waals surface area contributed by atoms with E-state index in [1.165, 1.54) is 5.56 Å². The summed E-state index contributed by atoms with van der Waals surface area (Å²) in [7, 11) is 1.64. The molecule has 0 atom stereocenters. The molecule has 23 heavy (non-hydrogen) atoms. The van der Waals surface area contributed by atoms with Crippen molar-refractivity contribution in [3.05, 3.63) is 58.4 Å². The van der Waals surface area contributed by atoms with Crippen LogP contribution < -0.4 is 10.1 Å². The molecule has 0 unspecified atom stereocenters. The number of benzene rings is 2. The average molecular weight is 374 g/mol. The van der Waals surface area contributed by atoms with Gasteiger partial charge in [0, 0.05) is 15.7 Å². The summed E-state index contributed by atoms with van der Waals surface area (Å²) in [6.45, 7) is 2.51. The van der Waals surface area contributed by atoms with Crippen LogP contribution in [0, 0.1) is 6.92 Å². The Morgan fingerprint density at radius 1 is 1.17 bits per heavy atom. The van der Waals surface area contributed by atoms with Crippen LogP contribution in [0.3, 0.4) is 0 Å². The molecule has 3 rings (SSSR count). The monoisotopic (exact) mass is 373 g/mol. The minimum absolute atomic E-state index is 0.463. The predicted octanol–water partition coefficient (Wildman–Crippen LogP) is 4.43. The van der Waals surface area contributed by atoms with Gasteiger partial charge in [-0.1, -0.05) is 11.2 Å². The van der Waals surface area contributed by atoms with Gasteiger partial charge in [-0.2, -0.15) is 4.98 Å². The highest BCUT2D eigenvalue weighted by molar-refractivity contribution is 9.10. The van der Waals surface area contributed by atoms with E-state index in [1.54, 1.807) is 7.11 Å². The minimum Gasteiger partial charge on any atom is -0.497 e. The van der Waals surface area contributed by atoms with Crippen molar-refractivity contribution in [2.75, 3.05) is 12.4 Å². The van der Waals surface area contributed by atoms with Crippen LogP contribution >= 0.6 is 15.9 Å². The van der Waals surface area contributed by atoms with E-state index in [9.17, 15) is 0 Å². The molecule has 3 aromatic rings. The van der Waals surface area contributed by atoms with E-state index in [1.807, 2.05) is 43.3 Å². The Morgan fingerprint density at radius 3 is 2.65 bits per heavy atom. The number of rotatable bonds is 5. The van der Waals surface area contributed by atoms with Crippen molar-refractivity contribution in [3.8, 4) is 17.1 Å². The van der Waals surface area contributed by atoms with Crippen LogP contribution in [0.15, 0.2) is 51.5 Å². The second-order valence-corrected chi connectivity index (χ2v) is 5.93. The maximum absolute atomic E-state index is 5.29. The zero-order valence-electron chi connectivity index (χ0n) is 12.8. The van der Waals surface area contributed by atoms with Gasteiger partial charge in [0.2, 0.25) is 11.7 Å². The largest absolute Gasteiger partial charge is 0.497 e. The number of aryl methyl sites for hydroxylation is 1. The van der Waals surface area contributed by atoms with Gasteiger partial charge in [0.15, 0.2) is 0 Å². The number of aromatic nitrogens is 2. The van der Waals surface area contributed by atoms with Gasteiger partial charge in [0.25, 0.3) is 0 Å². The van der Waals surface area contributed by atoms with Crippen molar-refractivity contribution < 1.29 is 9.26 Å². The first-order valence-electron chi connectivity index (χ1n) is 7.13. The van der Waals surface area contributed by atoms with Gasteiger partial charge < -0.3 is 14.6 Å². The predicted molar refractivity (Wildman–Crippen MR) is 92.5 cm³/mol. The number of halogens is 1. The SMILES string of the molecule is COc1ccc(-c2noc(CNc3ccc(C)cc3Br)n2)cc1. The summed E-state index contributed by atoms with van der Waals surface area (Å²) in [5, 5.41) is 7.29. The zero-order valence-corrected chi connectivity index (χ0v) is 14.4. The molecule has 0 aliphatic carbocycles. The molecule has 0 bridgehead atoms. The summed E-state index contributed by atoms with van der Waals surface area (Å²) in [6.07, 6.45) is 0. The fourth-order valence-corrected chi connectivity index (χ4v) is 2.75. The molecular weight excluding hydrogens is 358 g/mol. The summed E-state index contributed by atoms with van der Waals surface area (Å²) in [4.78, 5) is 4.40. The van der Waals surface area contributed by atoms with E-state index in [2.05, 4.69) is 37.5 Å². The molecule has 6 heteroatoms. The lowest BCUT2D eigenvalue weighted by molar-refractivity contribution is 0.384. The first-order valence-corrected chi connectivity index (χ1v) is 7.92. The second-order valence-electron chi connectivity index (χ2n) is 5.08. The molecule has 0 spiro atoms. The van der Waals surface area contributed by atoms with E-state index in [0.29, 0.717) is 18.3 Å². The molecule has 0 saturated carbocycles. The lowest BCUT2D eigenvalue weighted by Gasteiger charge is -2.06. The van der Waals surface area contributed by atoms with Gasteiger partial charge >= 0.3 is 0 Å². The standard InChI is InChI=1S/C17H16BrN3O2/c1-11-3-8-15(14(18)9-11)19-10-16-20-17(21-23-16)12-4-6-13(22-2)7-5-12/h3-9,19H,10H2,1-2H3. The van der Waals surface area contributed by atoms with Crippen LogP contribution in [0.4, 0.5) is 5.69 Å². The molecule has 0 aliphatic heterocycles. The third kappa shape index (κ3) is 3.71. The van der Waals surface area contributed by atoms with Crippen molar-refractivity contribution in [3.63, 3.8) is 0 Å². The molecule has 118 valence electrons. The molecular formula is C17H16BrN3O2. The Hall–Kier alpha value is -2.34. The minimum atomic E-state index is 0.463. The van der Waals surface area contributed by atoms with Gasteiger partial charge in [0.05, 0.1) is 13.7 Å². The number of hydrogen-bond donors (Lipinski definition) is 1. The maximum Gasteiger partial charge on any atom is 0.246 e. The Labute approximate surface area is 142 Å². The molecule has 5 nitrogen and oxygen atoms in total. The van der Waals surface area contributed by atoms with Crippen molar-refractivity contribution in [1.29, 1.82) is 0 Å². The van der Waals surface area contributed by atoms with Crippen LogP contribution in [0.2, 0.25) is 0 Å². The molecule has 0 radical (unpaired) electrons. The highest BCUT2D eigenvalue weighted by Crippen LogP contribution is 2.24. The number of nitrogens with zero attached hydrogens (tertiary/aromatic N) is 2. The normalized spacial score (nSPS) is 10.6. The lowest BCUT2D eigenvalue weighted by atomic mass is 10.2. The van der Waals surface area contributed by atoms with Crippen molar-refractivity contribution in [1.82, 2.24) is 10.1 Å². The average Bonchev–Trinajstić information content (AvgIpc) is 3.03. The summed E-state index contributed by atoms with van der Waals surface area (Å²) in [6, 6.07) is 13.7. The summed E-state index contributed by atoms with van der Waals surface area (Å²) >= 11 is 3.54. The maximum atomic E-state index is 5.29. The lowest BCUT2D eigenvalue weighted by Crippen LogP contribution is -2.00. The van der Waals surface area contributed by atoms with Crippen molar-refractivity contribution >= 4 is 21.6 Å². The molecule has 0 saturated heterocycles. The fourth-order valence-electron chi connectivity index (χ4n) is 2.12. The third-order valence-corrected chi connectivity index (χ3v) is 4.03. The number of ether oxygens (including phenoxy) is 1. The van der Waals surface area contributed by atoms with Crippen molar-refractivity contribution in [2.45, 2.75) is 13.5 Å². The summed E-state index contributed by atoms with van der Waals surface area (Å²) in [5.74, 6) is 1.89. The van der Waals surface area contributed by atoms with Crippen LogP contribution in [-0.4, -0.2) is 17.3 Å². The first kappa shape index (κ1) is 15.6. The van der Waals surface area contributed by atoms with Gasteiger partial charge in [-0.3, -0.25) is 0 Å². The Morgan fingerprint density at radius 2 is 1.96 bits per heavy atom. The highest BCUT2D eigenvalue weighted by Gasteiger charge is 2.09. The van der Waals surface area contributed by atoms with E-state index < -0.39 is 0 Å². The molecule has 1 N–H and O–H groups in total. The molecule has 2 aromatic carbocycles. The first-order chi connectivity index (χ1) is 11.2. The smallest absolute Gasteiger partial charge is 0.246 e. The molecule has 1 heterocycles. The Balaban J connectivity index is 1.69. The highest BCUT2D eigenvalue weighted by atomic mass is 79.9. The quantitative estimate of drug-likeness (QED) is 0.716. The molecule has 1 aromatic heterocycles. The summed E-state index contributed by atoms with van der Waals surface area (Å²) < 4.78 is 11.4. The van der Waals surface area contributed by atoms with E-state index in [-0.39, 0.29) is 0 Å². The molecule has 0 amide bonds. The third-order valence-electron chi connectivity index (χ3n) is 3.37. The van der Waals surface area contributed by atoms with Crippen LogP contribution in [-0.2, 0) is 6.54 Å². The molecule has 0 fully saturated rings. The van der Waals surface area contributed by atoms with Crippen LogP contribution in [0.1, 0.15) is 11.5 Å². The Bertz CT molecular complexity index is 800. The second kappa shape index (κ2) is 6.83. The number of hydrogen-bond acceptors (Lipinski definition) is 5. The van der Waals surface area contributed by atoms with E-state index in [4.69, 9.17) is 9.26 Å². The fraction of sp³-hybridized carbons (Fsp3) is 0.176. The number of nitrogens with one attached hydrogen (secondary N) is 1. The summed E-state index contributed by atoms with van der Waals surface area (Å²) in [5.41, 5.74) is 3.07.